The molecule has 0 amide bonds. The van der Waals surface area contributed by atoms with Gasteiger partial charge in [0, 0.05) is 6.54 Å². The Morgan fingerprint density at radius 3 is 2.40 bits per heavy atom. The lowest BCUT2D eigenvalue weighted by atomic mass is 9.97. The fourth-order valence-electron chi connectivity index (χ4n) is 1.54. The van der Waals surface area contributed by atoms with Gasteiger partial charge in [0.15, 0.2) is 0 Å². The van der Waals surface area contributed by atoms with Crippen LogP contribution in [0.1, 0.15) is 17.2 Å². The summed E-state index contributed by atoms with van der Waals surface area (Å²) in [6, 6.07) is 7.39. The molecule has 0 heterocycles. The molecular weight excluding hydrogens is 192 g/mol. The zero-order valence-electron chi connectivity index (χ0n) is 8.63. The monoisotopic (exact) mass is 210 g/mol. The van der Waals surface area contributed by atoms with Gasteiger partial charge in [-0.15, -0.1) is 0 Å². The fraction of sp³-hybridized carbons (Fsp3) is 0.455. The molecule has 2 atom stereocenters. The van der Waals surface area contributed by atoms with E-state index >= 15 is 0 Å². The summed E-state index contributed by atoms with van der Waals surface area (Å²) in [4.78, 5) is 0. The van der Waals surface area contributed by atoms with Crippen LogP contribution in [0.15, 0.2) is 24.3 Å². The highest BCUT2D eigenvalue weighted by Gasteiger charge is 2.18. The van der Waals surface area contributed by atoms with Crippen LogP contribution in [0.2, 0.25) is 0 Å². The zero-order valence-corrected chi connectivity index (χ0v) is 8.63. The van der Waals surface area contributed by atoms with E-state index in [0.29, 0.717) is 18.5 Å². The van der Waals surface area contributed by atoms with Gasteiger partial charge >= 0.3 is 0 Å². The second kappa shape index (κ2) is 5.82. The number of aliphatic hydroxyl groups excluding tert-OH is 2. The highest BCUT2D eigenvalue weighted by molar-refractivity contribution is 5.30. The number of aliphatic hydroxyl groups is 2. The second-order valence-electron chi connectivity index (χ2n) is 3.49. The second-order valence-corrected chi connectivity index (χ2v) is 3.49. The Morgan fingerprint density at radius 2 is 1.80 bits per heavy atom. The van der Waals surface area contributed by atoms with Crippen molar-refractivity contribution in [2.45, 2.75) is 18.6 Å². The summed E-state index contributed by atoms with van der Waals surface area (Å²) in [5.41, 5.74) is 12.4. The molecule has 0 aliphatic rings. The molecule has 0 radical (unpaired) electrons. The maximum atomic E-state index is 9.83. The molecule has 1 rings (SSSR count). The van der Waals surface area contributed by atoms with Gasteiger partial charge in [0.1, 0.15) is 6.10 Å². The van der Waals surface area contributed by atoms with Gasteiger partial charge in [-0.25, -0.2) is 0 Å². The first-order valence-electron chi connectivity index (χ1n) is 5.04. The Morgan fingerprint density at radius 1 is 1.13 bits per heavy atom. The van der Waals surface area contributed by atoms with Crippen LogP contribution in [-0.4, -0.2) is 29.4 Å². The predicted octanol–water partition coefficient (Wildman–Crippen LogP) is -0.459. The summed E-state index contributed by atoms with van der Waals surface area (Å²) in [5.74, 6) is 0. The van der Waals surface area contributed by atoms with E-state index < -0.39 is 12.2 Å². The number of rotatable bonds is 5. The van der Waals surface area contributed by atoms with Crippen LogP contribution >= 0.6 is 0 Å². The molecule has 0 aromatic heterocycles. The summed E-state index contributed by atoms with van der Waals surface area (Å²) < 4.78 is 0. The maximum Gasteiger partial charge on any atom is 0.106 e. The van der Waals surface area contributed by atoms with E-state index in [-0.39, 0.29) is 6.54 Å². The molecule has 0 fully saturated rings. The molecule has 84 valence electrons. The Kier molecular flexibility index (Phi) is 4.71. The average Bonchev–Trinajstić information content (AvgIpc) is 2.28. The third kappa shape index (κ3) is 3.00. The molecule has 4 nitrogen and oxygen atoms in total. The summed E-state index contributed by atoms with van der Waals surface area (Å²) >= 11 is 0. The Bertz CT molecular complexity index is 304. The lowest BCUT2D eigenvalue weighted by molar-refractivity contribution is 0.0238. The first-order chi connectivity index (χ1) is 7.20. The summed E-state index contributed by atoms with van der Waals surface area (Å²) in [6.07, 6.45) is -1.17. The maximum absolute atomic E-state index is 9.83. The van der Waals surface area contributed by atoms with Crippen molar-refractivity contribution in [1.29, 1.82) is 0 Å². The van der Waals surface area contributed by atoms with Gasteiger partial charge in [0.2, 0.25) is 0 Å². The first kappa shape index (κ1) is 12.1. The minimum atomic E-state index is -0.933. The van der Waals surface area contributed by atoms with E-state index in [1.165, 1.54) is 0 Å². The van der Waals surface area contributed by atoms with E-state index in [1.807, 2.05) is 18.2 Å². The minimum absolute atomic E-state index is 0.0398. The molecule has 6 N–H and O–H groups in total. The molecule has 0 saturated heterocycles. The molecule has 0 saturated carbocycles. The van der Waals surface area contributed by atoms with E-state index in [9.17, 15) is 10.2 Å². The summed E-state index contributed by atoms with van der Waals surface area (Å²) in [7, 11) is 0. The third-order valence-corrected chi connectivity index (χ3v) is 2.39. The van der Waals surface area contributed by atoms with Gasteiger partial charge in [-0.3, -0.25) is 0 Å². The van der Waals surface area contributed by atoms with E-state index in [4.69, 9.17) is 11.5 Å². The highest BCUT2D eigenvalue weighted by Crippen LogP contribution is 2.20. The third-order valence-electron chi connectivity index (χ3n) is 2.39. The largest absolute Gasteiger partial charge is 0.389 e. The molecule has 2 unspecified atom stereocenters. The smallest absolute Gasteiger partial charge is 0.106 e. The molecule has 15 heavy (non-hydrogen) atoms. The Hall–Kier alpha value is -0.940. The van der Waals surface area contributed by atoms with Gasteiger partial charge in [-0.1, -0.05) is 24.3 Å². The number of hydrogen-bond donors (Lipinski definition) is 4. The van der Waals surface area contributed by atoms with Gasteiger partial charge < -0.3 is 21.7 Å². The van der Waals surface area contributed by atoms with Gasteiger partial charge in [0.25, 0.3) is 0 Å². The van der Waals surface area contributed by atoms with Gasteiger partial charge in [0.05, 0.1) is 6.10 Å². The van der Waals surface area contributed by atoms with Crippen LogP contribution in [0, 0.1) is 0 Å². The molecule has 1 aromatic rings. The Labute approximate surface area is 89.5 Å². The molecule has 0 spiro atoms. The van der Waals surface area contributed by atoms with Crippen molar-refractivity contribution in [2.24, 2.45) is 11.5 Å². The van der Waals surface area contributed by atoms with Crippen LogP contribution in [0.25, 0.3) is 0 Å². The number of nitrogens with two attached hydrogens (primary N) is 2. The standard InChI is InChI=1S/C11H18N2O2/c12-6-5-8-3-1-2-4-9(8)11(15)10(14)7-13/h1-4,10-11,14-15H,5-7,12-13H2. The molecular formula is C11H18N2O2. The number of hydrogen-bond acceptors (Lipinski definition) is 4. The van der Waals surface area contributed by atoms with Gasteiger partial charge in [-0.05, 0) is 24.1 Å². The van der Waals surface area contributed by atoms with Crippen molar-refractivity contribution in [3.63, 3.8) is 0 Å². The Balaban J connectivity index is 2.91. The van der Waals surface area contributed by atoms with Crippen molar-refractivity contribution in [3.05, 3.63) is 35.4 Å². The van der Waals surface area contributed by atoms with Crippen molar-refractivity contribution in [2.75, 3.05) is 13.1 Å². The number of benzene rings is 1. The van der Waals surface area contributed by atoms with Crippen molar-refractivity contribution >= 4 is 0 Å². The minimum Gasteiger partial charge on any atom is -0.389 e. The lowest BCUT2D eigenvalue weighted by Gasteiger charge is -2.19. The highest BCUT2D eigenvalue weighted by atomic mass is 16.3. The van der Waals surface area contributed by atoms with Crippen molar-refractivity contribution < 1.29 is 10.2 Å². The average molecular weight is 210 g/mol. The summed E-state index contributed by atoms with van der Waals surface area (Å²) in [6.45, 7) is 0.556. The predicted molar refractivity (Wildman–Crippen MR) is 59.2 cm³/mol. The van der Waals surface area contributed by atoms with Crippen LogP contribution in [0.3, 0.4) is 0 Å². The first-order valence-corrected chi connectivity index (χ1v) is 5.04. The van der Waals surface area contributed by atoms with E-state index in [0.717, 1.165) is 5.56 Å². The van der Waals surface area contributed by atoms with Crippen LogP contribution in [-0.2, 0) is 6.42 Å². The quantitative estimate of drug-likeness (QED) is 0.529. The normalized spacial score (nSPS) is 14.9. The van der Waals surface area contributed by atoms with Crippen LogP contribution in [0.5, 0.6) is 0 Å². The molecule has 0 aliphatic carbocycles. The molecule has 1 aromatic carbocycles. The van der Waals surface area contributed by atoms with E-state index in [1.54, 1.807) is 6.07 Å². The van der Waals surface area contributed by atoms with Gasteiger partial charge in [-0.2, -0.15) is 0 Å². The topological polar surface area (TPSA) is 92.5 Å². The van der Waals surface area contributed by atoms with Crippen LogP contribution < -0.4 is 11.5 Å². The molecule has 0 aliphatic heterocycles. The fourth-order valence-corrected chi connectivity index (χ4v) is 1.54. The molecule has 4 heteroatoms. The summed E-state index contributed by atoms with van der Waals surface area (Å²) in [5, 5.41) is 19.3. The lowest BCUT2D eigenvalue weighted by Crippen LogP contribution is -2.28. The molecule has 0 bridgehead atoms. The van der Waals surface area contributed by atoms with Crippen molar-refractivity contribution in [1.82, 2.24) is 0 Å². The van der Waals surface area contributed by atoms with Crippen LogP contribution in [0.4, 0.5) is 0 Å². The SMILES string of the molecule is NCCc1ccccc1C(O)C(O)CN. The van der Waals surface area contributed by atoms with E-state index in [2.05, 4.69) is 0 Å². The zero-order chi connectivity index (χ0) is 11.3. The van der Waals surface area contributed by atoms with Crippen molar-refractivity contribution in [3.8, 4) is 0 Å².